The molecule has 1 heterocycles. The first-order chi connectivity index (χ1) is 15.4. The molecule has 0 bridgehead atoms. The zero-order valence-corrected chi connectivity index (χ0v) is 18.1. The van der Waals surface area contributed by atoms with E-state index in [1.54, 1.807) is 44.2 Å². The summed E-state index contributed by atoms with van der Waals surface area (Å²) in [5, 5.41) is 0.290. The Kier molecular flexibility index (Phi) is 7.49. The maximum Gasteiger partial charge on any atom is 0.347 e. The van der Waals surface area contributed by atoms with Crippen LogP contribution in [0.5, 0.6) is 17.2 Å². The van der Waals surface area contributed by atoms with Crippen LogP contribution < -0.4 is 14.9 Å². The fourth-order valence-corrected chi connectivity index (χ4v) is 2.81. The van der Waals surface area contributed by atoms with Crippen molar-refractivity contribution in [2.45, 2.75) is 33.3 Å². The van der Waals surface area contributed by atoms with Gasteiger partial charge >= 0.3 is 11.9 Å². The highest BCUT2D eigenvalue weighted by atomic mass is 16.6. The number of fused-ring (bicyclic) bond motifs is 1. The predicted molar refractivity (Wildman–Crippen MR) is 116 cm³/mol. The largest absolute Gasteiger partial charge is 0.479 e. The number of carbonyl (C=O) groups is 2. The van der Waals surface area contributed by atoms with Gasteiger partial charge in [0.15, 0.2) is 6.10 Å². The van der Waals surface area contributed by atoms with Gasteiger partial charge in [-0.1, -0.05) is 6.92 Å². The highest BCUT2D eigenvalue weighted by molar-refractivity contribution is 5.89. The maximum atomic E-state index is 12.8. The summed E-state index contributed by atoms with van der Waals surface area (Å²) in [7, 11) is 0. The first kappa shape index (κ1) is 22.9. The van der Waals surface area contributed by atoms with Gasteiger partial charge in [-0.25, -0.2) is 9.59 Å². The van der Waals surface area contributed by atoms with E-state index in [4.69, 9.17) is 23.4 Å². The Morgan fingerprint density at radius 3 is 2.41 bits per heavy atom. The Hall–Kier alpha value is -3.81. The summed E-state index contributed by atoms with van der Waals surface area (Å²) in [6, 6.07) is 10.9. The van der Waals surface area contributed by atoms with E-state index in [0.717, 1.165) is 6.42 Å². The van der Waals surface area contributed by atoms with E-state index in [1.807, 2.05) is 6.92 Å². The van der Waals surface area contributed by atoms with Crippen LogP contribution in [0.25, 0.3) is 11.0 Å². The zero-order chi connectivity index (χ0) is 23.1. The van der Waals surface area contributed by atoms with Crippen LogP contribution in [0.1, 0.15) is 37.6 Å². The van der Waals surface area contributed by atoms with Crippen LogP contribution >= 0.6 is 0 Å². The molecule has 0 fully saturated rings. The van der Waals surface area contributed by atoms with E-state index in [9.17, 15) is 14.4 Å². The molecule has 3 aromatic rings. The molecule has 0 N–H and O–H groups in total. The molecule has 2 aromatic carbocycles. The summed E-state index contributed by atoms with van der Waals surface area (Å²) < 4.78 is 26.7. The van der Waals surface area contributed by atoms with Crippen molar-refractivity contribution in [3.63, 3.8) is 0 Å². The zero-order valence-electron chi connectivity index (χ0n) is 18.1. The molecule has 32 heavy (non-hydrogen) atoms. The van der Waals surface area contributed by atoms with Crippen LogP contribution in [0, 0.1) is 0 Å². The van der Waals surface area contributed by atoms with Crippen LogP contribution in [0.2, 0.25) is 0 Å². The Morgan fingerprint density at radius 1 is 1.00 bits per heavy atom. The quantitative estimate of drug-likeness (QED) is 0.449. The van der Waals surface area contributed by atoms with Crippen LogP contribution in [-0.4, -0.2) is 31.3 Å². The molecule has 0 amide bonds. The predicted octanol–water partition coefficient (Wildman–Crippen LogP) is 4.48. The Labute approximate surface area is 184 Å². The van der Waals surface area contributed by atoms with Gasteiger partial charge in [-0.15, -0.1) is 0 Å². The van der Waals surface area contributed by atoms with Crippen molar-refractivity contribution in [1.82, 2.24) is 0 Å². The van der Waals surface area contributed by atoms with Crippen molar-refractivity contribution in [3.05, 3.63) is 64.5 Å². The van der Waals surface area contributed by atoms with E-state index < -0.39 is 18.0 Å². The van der Waals surface area contributed by atoms with E-state index in [-0.39, 0.29) is 23.4 Å². The molecule has 0 saturated carbocycles. The molecule has 0 aliphatic heterocycles. The lowest BCUT2D eigenvalue weighted by Crippen LogP contribution is -2.26. The van der Waals surface area contributed by atoms with Gasteiger partial charge in [0.1, 0.15) is 23.3 Å². The van der Waals surface area contributed by atoms with Gasteiger partial charge < -0.3 is 23.4 Å². The third-order valence-electron chi connectivity index (χ3n) is 4.40. The van der Waals surface area contributed by atoms with E-state index >= 15 is 0 Å². The van der Waals surface area contributed by atoms with Crippen molar-refractivity contribution in [2.24, 2.45) is 0 Å². The lowest BCUT2D eigenvalue weighted by Gasteiger charge is -2.13. The van der Waals surface area contributed by atoms with E-state index in [0.29, 0.717) is 29.1 Å². The van der Waals surface area contributed by atoms with Crippen LogP contribution in [0.3, 0.4) is 0 Å². The van der Waals surface area contributed by atoms with E-state index in [1.165, 1.54) is 18.4 Å². The number of esters is 2. The molecule has 3 rings (SSSR count). The number of hydrogen-bond acceptors (Lipinski definition) is 8. The summed E-state index contributed by atoms with van der Waals surface area (Å²) in [6.07, 6.45) is 1.14. The smallest absolute Gasteiger partial charge is 0.347 e. The number of rotatable bonds is 9. The molecular weight excluding hydrogens is 416 g/mol. The SMILES string of the molecule is CCCOC(=O)c1ccc(Oc2coc3cc(OC(C)C(=O)OCC)ccc3c2=O)cc1. The number of hydrogen-bond donors (Lipinski definition) is 0. The van der Waals surface area contributed by atoms with Gasteiger partial charge in [0, 0.05) is 6.07 Å². The highest BCUT2D eigenvalue weighted by Crippen LogP contribution is 2.25. The molecule has 8 heteroatoms. The normalized spacial score (nSPS) is 11.6. The third kappa shape index (κ3) is 5.46. The van der Waals surface area contributed by atoms with Gasteiger partial charge in [0.05, 0.1) is 24.2 Å². The van der Waals surface area contributed by atoms with Crippen LogP contribution in [0.15, 0.2) is 57.9 Å². The monoisotopic (exact) mass is 440 g/mol. The Bertz CT molecular complexity index is 1150. The minimum Gasteiger partial charge on any atom is -0.479 e. The molecule has 0 radical (unpaired) electrons. The minimum atomic E-state index is -0.802. The van der Waals surface area contributed by atoms with Gasteiger partial charge in [0.2, 0.25) is 11.2 Å². The summed E-state index contributed by atoms with van der Waals surface area (Å²) >= 11 is 0. The minimum absolute atomic E-state index is 0.00707. The van der Waals surface area contributed by atoms with Crippen molar-refractivity contribution >= 4 is 22.9 Å². The summed E-state index contributed by atoms with van der Waals surface area (Å²) in [5.41, 5.74) is 0.300. The molecule has 168 valence electrons. The molecule has 1 aromatic heterocycles. The topological polar surface area (TPSA) is 101 Å². The summed E-state index contributed by atoms with van der Waals surface area (Å²) in [6.45, 7) is 5.81. The molecule has 1 unspecified atom stereocenters. The van der Waals surface area contributed by atoms with Gasteiger partial charge in [-0.2, -0.15) is 0 Å². The molecule has 1 atom stereocenters. The molecule has 0 spiro atoms. The first-order valence-electron chi connectivity index (χ1n) is 10.3. The fourth-order valence-electron chi connectivity index (χ4n) is 2.81. The Morgan fingerprint density at radius 2 is 1.72 bits per heavy atom. The second-order valence-electron chi connectivity index (χ2n) is 6.86. The lowest BCUT2D eigenvalue weighted by atomic mass is 10.2. The van der Waals surface area contributed by atoms with Crippen LogP contribution in [0.4, 0.5) is 0 Å². The van der Waals surface area contributed by atoms with Crippen LogP contribution in [-0.2, 0) is 14.3 Å². The fraction of sp³-hybridized carbons (Fsp3) is 0.292. The number of carbonyl (C=O) groups excluding carboxylic acids is 2. The van der Waals surface area contributed by atoms with Crippen molar-refractivity contribution in [3.8, 4) is 17.2 Å². The van der Waals surface area contributed by atoms with Crippen molar-refractivity contribution < 1.29 is 33.0 Å². The first-order valence-corrected chi connectivity index (χ1v) is 10.3. The average molecular weight is 440 g/mol. The number of ether oxygens (including phenoxy) is 4. The van der Waals surface area contributed by atoms with E-state index in [2.05, 4.69) is 0 Å². The van der Waals surface area contributed by atoms with Gasteiger partial charge in [-0.3, -0.25) is 4.79 Å². The molecule has 0 aliphatic carbocycles. The van der Waals surface area contributed by atoms with Crippen molar-refractivity contribution in [2.75, 3.05) is 13.2 Å². The second-order valence-corrected chi connectivity index (χ2v) is 6.86. The van der Waals surface area contributed by atoms with Crippen molar-refractivity contribution in [1.29, 1.82) is 0 Å². The highest BCUT2D eigenvalue weighted by Gasteiger charge is 2.17. The van der Waals surface area contributed by atoms with Gasteiger partial charge in [-0.05, 0) is 56.7 Å². The molecule has 0 saturated heterocycles. The standard InChI is InChI=1S/C24H24O8/c1-4-12-29-24(27)16-6-8-17(9-7-16)32-21-14-30-20-13-18(10-11-19(20)22(21)25)31-15(3)23(26)28-5-2/h6-11,13-15H,4-5,12H2,1-3H3. The summed E-state index contributed by atoms with van der Waals surface area (Å²) in [5.74, 6) is -0.180. The Balaban J connectivity index is 1.75. The maximum absolute atomic E-state index is 12.8. The molecule has 0 aliphatic rings. The second kappa shape index (κ2) is 10.5. The number of benzene rings is 2. The third-order valence-corrected chi connectivity index (χ3v) is 4.40. The lowest BCUT2D eigenvalue weighted by molar-refractivity contribution is -0.150. The molecular formula is C24H24O8. The molecule has 8 nitrogen and oxygen atoms in total. The average Bonchev–Trinajstić information content (AvgIpc) is 2.80. The summed E-state index contributed by atoms with van der Waals surface area (Å²) in [4.78, 5) is 36.4. The van der Waals surface area contributed by atoms with Gasteiger partial charge in [0.25, 0.3) is 0 Å².